The molecule has 27 heavy (non-hydrogen) atoms. The molecule has 0 saturated heterocycles. The second kappa shape index (κ2) is 7.98. The Morgan fingerprint density at radius 3 is 2.30 bits per heavy atom. The molecule has 0 aliphatic rings. The number of benzene rings is 3. The predicted octanol–water partition coefficient (Wildman–Crippen LogP) is 4.88. The third-order valence-corrected chi connectivity index (χ3v) is 6.02. The van der Waals surface area contributed by atoms with Gasteiger partial charge < -0.3 is 4.74 Å². The minimum absolute atomic E-state index is 0.000633. The maximum absolute atomic E-state index is 13.3. The number of hydrogen-bond donors (Lipinski definition) is 0. The van der Waals surface area contributed by atoms with E-state index in [1.54, 1.807) is 48.5 Å². The molecule has 0 radical (unpaired) electrons. The van der Waals surface area contributed by atoms with Crippen molar-refractivity contribution in [3.05, 3.63) is 89.2 Å². The molecule has 0 saturated carbocycles. The van der Waals surface area contributed by atoms with Crippen LogP contribution in [0.4, 0.5) is 10.1 Å². The van der Waals surface area contributed by atoms with Crippen molar-refractivity contribution >= 4 is 27.3 Å². The van der Waals surface area contributed by atoms with E-state index in [0.717, 1.165) is 17.7 Å². The lowest BCUT2D eigenvalue weighted by molar-refractivity contribution is 0.415. The third kappa shape index (κ3) is 4.40. The SMILES string of the molecule is COc1cccc(N(Cc2ccc(Cl)cc2)S(=O)(=O)c2ccc(F)cc2)c1. The summed E-state index contributed by atoms with van der Waals surface area (Å²) in [6.45, 7) is 0.0873. The van der Waals surface area contributed by atoms with Crippen molar-refractivity contribution in [3.63, 3.8) is 0 Å². The molecule has 140 valence electrons. The highest BCUT2D eigenvalue weighted by Gasteiger charge is 2.25. The molecule has 0 aromatic heterocycles. The number of sulfonamides is 1. The first-order chi connectivity index (χ1) is 12.9. The molecular formula is C20H17ClFNO3S. The molecular weight excluding hydrogens is 389 g/mol. The highest BCUT2D eigenvalue weighted by molar-refractivity contribution is 7.92. The zero-order valence-electron chi connectivity index (χ0n) is 14.5. The number of hydrogen-bond acceptors (Lipinski definition) is 3. The number of nitrogens with zero attached hydrogens (tertiary/aromatic N) is 1. The zero-order valence-corrected chi connectivity index (χ0v) is 16.0. The lowest BCUT2D eigenvalue weighted by atomic mass is 10.2. The van der Waals surface area contributed by atoms with Crippen LogP contribution in [0.2, 0.25) is 5.02 Å². The molecule has 0 unspecified atom stereocenters. The Hall–Kier alpha value is -2.57. The third-order valence-electron chi connectivity index (χ3n) is 3.98. The summed E-state index contributed by atoms with van der Waals surface area (Å²) in [5.74, 6) is 0.0301. The second-order valence-electron chi connectivity index (χ2n) is 5.79. The molecule has 3 rings (SSSR count). The standard InChI is InChI=1S/C20H17ClFNO3S/c1-26-19-4-2-3-18(13-19)23(14-15-5-7-16(21)8-6-15)27(24,25)20-11-9-17(22)10-12-20/h2-13H,14H2,1H3. The van der Waals surface area contributed by atoms with Gasteiger partial charge in [-0.25, -0.2) is 12.8 Å². The van der Waals surface area contributed by atoms with Gasteiger partial charge in [-0.15, -0.1) is 0 Å². The van der Waals surface area contributed by atoms with Gasteiger partial charge in [0.05, 0.1) is 24.2 Å². The Morgan fingerprint density at radius 1 is 1.00 bits per heavy atom. The molecule has 0 bridgehead atoms. The molecule has 0 fully saturated rings. The van der Waals surface area contributed by atoms with Crippen LogP contribution in [0, 0.1) is 5.82 Å². The van der Waals surface area contributed by atoms with Crippen LogP contribution < -0.4 is 9.04 Å². The van der Waals surface area contributed by atoms with Crippen LogP contribution >= 0.6 is 11.6 Å². The van der Waals surface area contributed by atoms with E-state index in [0.29, 0.717) is 16.5 Å². The summed E-state index contributed by atoms with van der Waals surface area (Å²) in [7, 11) is -2.42. The monoisotopic (exact) mass is 405 g/mol. The number of halogens is 2. The normalized spacial score (nSPS) is 11.2. The van der Waals surface area contributed by atoms with E-state index in [1.807, 2.05) is 0 Å². The fourth-order valence-corrected chi connectivity index (χ4v) is 4.14. The first-order valence-electron chi connectivity index (χ1n) is 8.07. The molecule has 0 atom stereocenters. The van der Waals surface area contributed by atoms with E-state index in [9.17, 15) is 12.8 Å². The van der Waals surface area contributed by atoms with Crippen molar-refractivity contribution in [2.75, 3.05) is 11.4 Å². The molecule has 3 aromatic carbocycles. The van der Waals surface area contributed by atoms with Gasteiger partial charge in [-0.1, -0.05) is 29.8 Å². The number of methoxy groups -OCH3 is 1. The van der Waals surface area contributed by atoms with Crippen molar-refractivity contribution in [1.29, 1.82) is 0 Å². The number of ether oxygens (including phenoxy) is 1. The Balaban J connectivity index is 2.08. The van der Waals surface area contributed by atoms with Crippen LogP contribution in [-0.4, -0.2) is 15.5 Å². The maximum Gasteiger partial charge on any atom is 0.264 e. The van der Waals surface area contributed by atoms with Crippen LogP contribution in [0.15, 0.2) is 77.7 Å². The Labute approximate surface area is 162 Å². The largest absolute Gasteiger partial charge is 0.497 e. The van der Waals surface area contributed by atoms with Crippen molar-refractivity contribution in [3.8, 4) is 5.75 Å². The van der Waals surface area contributed by atoms with E-state index in [1.165, 1.54) is 23.5 Å². The lowest BCUT2D eigenvalue weighted by Crippen LogP contribution is -2.30. The quantitative estimate of drug-likeness (QED) is 0.587. The number of rotatable bonds is 6. The van der Waals surface area contributed by atoms with Crippen molar-refractivity contribution < 1.29 is 17.5 Å². The second-order valence-corrected chi connectivity index (χ2v) is 8.09. The van der Waals surface area contributed by atoms with Gasteiger partial charge in [-0.2, -0.15) is 0 Å². The summed E-state index contributed by atoms with van der Waals surface area (Å²) in [6, 6.07) is 18.4. The van der Waals surface area contributed by atoms with E-state index in [2.05, 4.69) is 0 Å². The van der Waals surface area contributed by atoms with Crippen LogP contribution in [-0.2, 0) is 16.6 Å². The van der Waals surface area contributed by atoms with Gasteiger partial charge in [-0.05, 0) is 54.1 Å². The fraction of sp³-hybridized carbons (Fsp3) is 0.100. The highest BCUT2D eigenvalue weighted by atomic mass is 35.5. The van der Waals surface area contributed by atoms with Gasteiger partial charge in [0, 0.05) is 11.1 Å². The van der Waals surface area contributed by atoms with Gasteiger partial charge in [0.15, 0.2) is 0 Å². The van der Waals surface area contributed by atoms with Gasteiger partial charge in [0.2, 0.25) is 0 Å². The van der Waals surface area contributed by atoms with Crippen LogP contribution in [0.25, 0.3) is 0 Å². The molecule has 0 spiro atoms. The van der Waals surface area contributed by atoms with E-state index in [-0.39, 0.29) is 11.4 Å². The average molecular weight is 406 g/mol. The summed E-state index contributed by atoms with van der Waals surface area (Å²) in [6.07, 6.45) is 0. The highest BCUT2D eigenvalue weighted by Crippen LogP contribution is 2.29. The Bertz CT molecular complexity index is 1020. The molecule has 4 nitrogen and oxygen atoms in total. The topological polar surface area (TPSA) is 46.6 Å². The summed E-state index contributed by atoms with van der Waals surface area (Å²) in [4.78, 5) is 0.000633. The molecule has 0 heterocycles. The summed E-state index contributed by atoms with van der Waals surface area (Å²) in [5.41, 5.74) is 1.20. The summed E-state index contributed by atoms with van der Waals surface area (Å²) < 4.78 is 46.2. The minimum Gasteiger partial charge on any atom is -0.497 e. The fourth-order valence-electron chi connectivity index (χ4n) is 2.57. The summed E-state index contributed by atoms with van der Waals surface area (Å²) >= 11 is 5.92. The molecule has 7 heteroatoms. The van der Waals surface area contributed by atoms with Crippen LogP contribution in [0.1, 0.15) is 5.56 Å². The van der Waals surface area contributed by atoms with Crippen molar-refractivity contribution in [2.24, 2.45) is 0 Å². The molecule has 0 aliphatic carbocycles. The first kappa shape index (κ1) is 19.2. The van der Waals surface area contributed by atoms with Crippen LogP contribution in [0.3, 0.4) is 0 Å². The van der Waals surface area contributed by atoms with E-state index < -0.39 is 15.8 Å². The van der Waals surface area contributed by atoms with Crippen LogP contribution in [0.5, 0.6) is 5.75 Å². The van der Waals surface area contributed by atoms with E-state index >= 15 is 0 Å². The first-order valence-corrected chi connectivity index (χ1v) is 9.89. The van der Waals surface area contributed by atoms with Gasteiger partial charge in [-0.3, -0.25) is 4.31 Å². The molecule has 3 aromatic rings. The average Bonchev–Trinajstić information content (AvgIpc) is 2.67. The maximum atomic E-state index is 13.3. The van der Waals surface area contributed by atoms with Gasteiger partial charge in [0.1, 0.15) is 11.6 Å². The van der Waals surface area contributed by atoms with Gasteiger partial charge >= 0.3 is 0 Å². The molecule has 0 amide bonds. The number of anilines is 1. The minimum atomic E-state index is -3.93. The predicted molar refractivity (Wildman–Crippen MR) is 104 cm³/mol. The van der Waals surface area contributed by atoms with Gasteiger partial charge in [0.25, 0.3) is 10.0 Å². The van der Waals surface area contributed by atoms with Crippen molar-refractivity contribution in [1.82, 2.24) is 0 Å². The summed E-state index contributed by atoms with van der Waals surface area (Å²) in [5, 5.41) is 0.563. The zero-order chi connectivity index (χ0) is 19.4. The van der Waals surface area contributed by atoms with Crippen molar-refractivity contribution in [2.45, 2.75) is 11.4 Å². The Morgan fingerprint density at radius 2 is 1.67 bits per heavy atom. The molecule has 0 N–H and O–H groups in total. The lowest BCUT2D eigenvalue weighted by Gasteiger charge is -2.25. The molecule has 0 aliphatic heterocycles. The smallest absolute Gasteiger partial charge is 0.264 e. The Kier molecular flexibility index (Phi) is 5.68. The van der Waals surface area contributed by atoms with E-state index in [4.69, 9.17) is 16.3 Å².